The summed E-state index contributed by atoms with van der Waals surface area (Å²) in [6.07, 6.45) is 5.42. The highest BCUT2D eigenvalue weighted by atomic mass is 16.5. The van der Waals surface area contributed by atoms with Gasteiger partial charge >= 0.3 is 5.97 Å². The maximum absolute atomic E-state index is 12.8. The zero-order valence-electron chi connectivity index (χ0n) is 17.9. The predicted octanol–water partition coefficient (Wildman–Crippen LogP) is 4.51. The van der Waals surface area contributed by atoms with Crippen LogP contribution in [0.2, 0.25) is 0 Å². The zero-order valence-corrected chi connectivity index (χ0v) is 17.9. The van der Waals surface area contributed by atoms with Crippen molar-refractivity contribution in [2.75, 3.05) is 26.7 Å². The van der Waals surface area contributed by atoms with E-state index in [9.17, 15) is 4.79 Å². The molecule has 1 saturated heterocycles. The number of rotatable bonds is 3. The van der Waals surface area contributed by atoms with Gasteiger partial charge in [-0.2, -0.15) is 0 Å². The first-order valence-electron chi connectivity index (χ1n) is 10.8. The molecule has 0 unspecified atom stereocenters. The molecule has 3 aliphatic rings. The summed E-state index contributed by atoms with van der Waals surface area (Å²) in [5.74, 6) is 1.03. The molecule has 2 heterocycles. The van der Waals surface area contributed by atoms with Crippen LogP contribution in [0, 0.1) is 5.41 Å². The van der Waals surface area contributed by atoms with Crippen LogP contribution >= 0.6 is 0 Å². The fraction of sp³-hybridized carbons (Fsp3) is 0.480. The SMILES string of the molecule is C[C@@H]1C[C@@]23CN(C)CCO[C@@]2(CC=C3[C@@H](C)OC(=O)c2ccccc2)c2ccoc21. The molecule has 1 fully saturated rings. The molecule has 0 spiro atoms. The minimum Gasteiger partial charge on any atom is -0.469 e. The van der Waals surface area contributed by atoms with Crippen molar-refractivity contribution in [3.63, 3.8) is 0 Å². The van der Waals surface area contributed by atoms with Crippen molar-refractivity contribution in [2.24, 2.45) is 5.41 Å². The summed E-state index contributed by atoms with van der Waals surface area (Å²) in [4.78, 5) is 15.1. The van der Waals surface area contributed by atoms with Crippen LogP contribution < -0.4 is 0 Å². The zero-order chi connectivity index (χ0) is 20.9. The quantitative estimate of drug-likeness (QED) is 0.554. The Morgan fingerprint density at radius 2 is 2.07 bits per heavy atom. The summed E-state index contributed by atoms with van der Waals surface area (Å²) in [7, 11) is 2.15. The summed E-state index contributed by atoms with van der Waals surface area (Å²) < 4.78 is 18.6. The molecule has 5 heteroatoms. The van der Waals surface area contributed by atoms with Crippen LogP contribution in [0.15, 0.2) is 58.7 Å². The average molecular weight is 408 g/mol. The lowest BCUT2D eigenvalue weighted by Crippen LogP contribution is -2.54. The molecule has 4 atom stereocenters. The highest BCUT2D eigenvalue weighted by Gasteiger charge is 2.64. The van der Waals surface area contributed by atoms with E-state index in [0.717, 1.165) is 31.7 Å². The molecule has 0 saturated carbocycles. The number of fused-ring (bicyclic) bond motifs is 1. The summed E-state index contributed by atoms with van der Waals surface area (Å²) >= 11 is 0. The van der Waals surface area contributed by atoms with Crippen LogP contribution in [-0.4, -0.2) is 43.7 Å². The second kappa shape index (κ2) is 7.10. The number of ether oxygens (including phenoxy) is 2. The van der Waals surface area contributed by atoms with E-state index < -0.39 is 5.60 Å². The Hall–Kier alpha value is -2.37. The Morgan fingerprint density at radius 3 is 2.87 bits per heavy atom. The Balaban J connectivity index is 1.54. The van der Waals surface area contributed by atoms with Crippen LogP contribution in [0.3, 0.4) is 0 Å². The van der Waals surface area contributed by atoms with Crippen LogP contribution in [0.5, 0.6) is 0 Å². The van der Waals surface area contributed by atoms with Crippen molar-refractivity contribution >= 4 is 5.97 Å². The predicted molar refractivity (Wildman–Crippen MR) is 113 cm³/mol. The lowest BCUT2D eigenvalue weighted by atomic mass is 9.58. The van der Waals surface area contributed by atoms with Crippen molar-refractivity contribution < 1.29 is 18.7 Å². The normalized spacial score (nSPS) is 31.7. The van der Waals surface area contributed by atoms with Gasteiger partial charge in [-0.05, 0) is 44.2 Å². The maximum atomic E-state index is 12.8. The van der Waals surface area contributed by atoms with Gasteiger partial charge in [-0.15, -0.1) is 0 Å². The molecule has 2 aliphatic carbocycles. The third-order valence-corrected chi connectivity index (χ3v) is 7.26. The first kappa shape index (κ1) is 19.6. The molecule has 0 bridgehead atoms. The number of likely N-dealkylation sites (N-methyl/N-ethyl adjacent to an activating group) is 1. The number of nitrogens with zero attached hydrogens (tertiary/aromatic N) is 1. The summed E-state index contributed by atoms with van der Waals surface area (Å²) in [5, 5.41) is 0. The summed E-state index contributed by atoms with van der Waals surface area (Å²) in [5.41, 5.74) is 2.24. The number of hydrogen-bond acceptors (Lipinski definition) is 5. The lowest BCUT2D eigenvalue weighted by molar-refractivity contribution is -0.121. The van der Waals surface area contributed by atoms with Crippen LogP contribution in [0.25, 0.3) is 0 Å². The maximum Gasteiger partial charge on any atom is 0.338 e. The van der Waals surface area contributed by atoms with Gasteiger partial charge in [0.1, 0.15) is 17.5 Å². The Kier molecular flexibility index (Phi) is 4.64. The van der Waals surface area contributed by atoms with Crippen LogP contribution in [-0.2, 0) is 15.1 Å². The van der Waals surface area contributed by atoms with Gasteiger partial charge in [0.05, 0.1) is 18.4 Å². The van der Waals surface area contributed by atoms with Gasteiger partial charge in [-0.3, -0.25) is 0 Å². The largest absolute Gasteiger partial charge is 0.469 e. The van der Waals surface area contributed by atoms with Crippen molar-refractivity contribution in [3.8, 4) is 0 Å². The highest BCUT2D eigenvalue weighted by molar-refractivity contribution is 5.89. The first-order valence-corrected chi connectivity index (χ1v) is 10.8. The number of esters is 1. The average Bonchev–Trinajstić information content (AvgIpc) is 3.30. The van der Waals surface area contributed by atoms with Crippen molar-refractivity contribution in [1.82, 2.24) is 4.90 Å². The van der Waals surface area contributed by atoms with Crippen LogP contribution in [0.1, 0.15) is 54.3 Å². The lowest BCUT2D eigenvalue weighted by Gasteiger charge is -2.52. The van der Waals surface area contributed by atoms with Gasteiger partial charge in [0, 0.05) is 36.4 Å². The van der Waals surface area contributed by atoms with Crippen LogP contribution in [0.4, 0.5) is 0 Å². The summed E-state index contributed by atoms with van der Waals surface area (Å²) in [6.45, 7) is 6.66. The van der Waals surface area contributed by atoms with Gasteiger partial charge in [-0.25, -0.2) is 4.79 Å². The molecular weight excluding hydrogens is 378 g/mol. The number of hydrogen-bond donors (Lipinski definition) is 0. The van der Waals surface area contributed by atoms with E-state index in [0.29, 0.717) is 12.2 Å². The third-order valence-electron chi connectivity index (χ3n) is 7.26. The fourth-order valence-electron chi connectivity index (χ4n) is 6.07. The monoisotopic (exact) mass is 407 g/mol. The molecule has 1 aromatic heterocycles. The Bertz CT molecular complexity index is 980. The minimum atomic E-state index is -0.449. The minimum absolute atomic E-state index is 0.245. The topological polar surface area (TPSA) is 51.9 Å². The summed E-state index contributed by atoms with van der Waals surface area (Å²) in [6, 6.07) is 11.3. The first-order chi connectivity index (χ1) is 14.5. The third kappa shape index (κ3) is 2.72. The van der Waals surface area contributed by atoms with E-state index in [1.165, 1.54) is 11.1 Å². The van der Waals surface area contributed by atoms with Gasteiger partial charge in [0.2, 0.25) is 0 Å². The number of carbonyl (C=O) groups excluding carboxylic acids is 1. The molecule has 2 aromatic rings. The standard InChI is InChI=1S/C25H29NO4/c1-17-15-24-16-26(3)12-14-29-25(24,21-10-13-28-22(17)21)11-9-20(24)18(2)30-23(27)19-7-5-4-6-8-19/h4-10,13,17-18H,11-12,14-16H2,1-3H3/t17-,18-,24+,25+/m1/s1. The van der Waals surface area contributed by atoms with E-state index >= 15 is 0 Å². The molecule has 30 heavy (non-hydrogen) atoms. The second-order valence-corrected chi connectivity index (χ2v) is 9.08. The highest BCUT2D eigenvalue weighted by Crippen LogP contribution is 2.65. The molecule has 1 aliphatic heterocycles. The molecule has 1 aromatic carbocycles. The molecule has 5 rings (SSSR count). The molecule has 158 valence electrons. The van der Waals surface area contributed by atoms with Crippen molar-refractivity contribution in [3.05, 3.63) is 71.2 Å². The van der Waals surface area contributed by atoms with E-state index in [1.54, 1.807) is 18.4 Å². The van der Waals surface area contributed by atoms with Gasteiger partial charge < -0.3 is 18.8 Å². The fourth-order valence-corrected chi connectivity index (χ4v) is 6.07. The Morgan fingerprint density at radius 1 is 1.27 bits per heavy atom. The Labute approximate surface area is 177 Å². The van der Waals surface area contributed by atoms with E-state index in [2.05, 4.69) is 31.0 Å². The number of carbonyl (C=O) groups is 1. The molecular formula is C25H29NO4. The van der Waals surface area contributed by atoms with E-state index in [4.69, 9.17) is 13.9 Å². The van der Waals surface area contributed by atoms with E-state index in [1.807, 2.05) is 25.1 Å². The molecule has 0 N–H and O–H groups in total. The smallest absolute Gasteiger partial charge is 0.338 e. The van der Waals surface area contributed by atoms with Crippen molar-refractivity contribution in [2.45, 2.75) is 44.3 Å². The van der Waals surface area contributed by atoms with Gasteiger partial charge in [-0.1, -0.05) is 31.2 Å². The second-order valence-electron chi connectivity index (χ2n) is 9.08. The van der Waals surface area contributed by atoms with Gasteiger partial charge in [0.15, 0.2) is 0 Å². The number of furan rings is 1. The molecule has 5 nitrogen and oxygen atoms in total. The molecule has 0 radical (unpaired) electrons. The number of benzene rings is 1. The van der Waals surface area contributed by atoms with Gasteiger partial charge in [0.25, 0.3) is 0 Å². The van der Waals surface area contributed by atoms with E-state index in [-0.39, 0.29) is 23.4 Å². The van der Waals surface area contributed by atoms with Crippen molar-refractivity contribution in [1.29, 1.82) is 0 Å². The molecule has 0 amide bonds.